The lowest BCUT2D eigenvalue weighted by molar-refractivity contribution is 0.603. The number of nitrogens with one attached hydrogen (secondary N) is 1. The average Bonchev–Trinajstić information content (AvgIpc) is 2.87. The van der Waals surface area contributed by atoms with Crippen molar-refractivity contribution in [2.24, 2.45) is 0 Å². The molecular formula is C14H19N. The summed E-state index contributed by atoms with van der Waals surface area (Å²) in [4.78, 5) is 0. The lowest BCUT2D eigenvalue weighted by Crippen LogP contribution is -2.23. The highest BCUT2D eigenvalue weighted by atomic mass is 14.9. The maximum atomic E-state index is 3.57. The van der Waals surface area contributed by atoms with Crippen LogP contribution >= 0.6 is 0 Å². The van der Waals surface area contributed by atoms with Gasteiger partial charge in [0.2, 0.25) is 0 Å². The number of hydrogen-bond donors (Lipinski definition) is 1. The minimum atomic E-state index is 0.740. The van der Waals surface area contributed by atoms with Crippen LogP contribution in [0.5, 0.6) is 0 Å². The van der Waals surface area contributed by atoms with Gasteiger partial charge < -0.3 is 5.32 Å². The zero-order chi connectivity index (χ0) is 10.1. The Hall–Kier alpha value is -0.820. The third kappa shape index (κ3) is 1.93. The van der Waals surface area contributed by atoms with Gasteiger partial charge in [0.05, 0.1) is 0 Å². The standard InChI is InChI=1S/C14H19N/c1-3-12-7-6-11(9-13(12)4-1)10-14-5-2-8-15-14/h6-7,9,14-15H,1-5,8,10H2. The van der Waals surface area contributed by atoms with Gasteiger partial charge >= 0.3 is 0 Å². The molecule has 0 amide bonds. The summed E-state index contributed by atoms with van der Waals surface area (Å²) in [6.45, 7) is 1.22. The molecule has 1 aromatic carbocycles. The second kappa shape index (κ2) is 3.97. The lowest BCUT2D eigenvalue weighted by atomic mass is 10.0. The fourth-order valence-electron chi connectivity index (χ4n) is 2.97. The van der Waals surface area contributed by atoms with Crippen LogP contribution in [0.3, 0.4) is 0 Å². The highest BCUT2D eigenvalue weighted by Crippen LogP contribution is 2.24. The van der Waals surface area contributed by atoms with Crippen LogP contribution in [0.25, 0.3) is 0 Å². The molecule has 1 nitrogen and oxygen atoms in total. The van der Waals surface area contributed by atoms with E-state index >= 15 is 0 Å². The van der Waals surface area contributed by atoms with E-state index in [4.69, 9.17) is 0 Å². The highest BCUT2D eigenvalue weighted by molar-refractivity contribution is 5.35. The molecule has 0 aromatic heterocycles. The predicted molar refractivity (Wildman–Crippen MR) is 63.2 cm³/mol. The van der Waals surface area contributed by atoms with Crippen molar-refractivity contribution in [2.45, 2.75) is 44.6 Å². The summed E-state index contributed by atoms with van der Waals surface area (Å²) >= 11 is 0. The fraction of sp³-hybridized carbons (Fsp3) is 0.571. The molecule has 1 aromatic rings. The molecule has 0 saturated carbocycles. The molecule has 1 aliphatic carbocycles. The van der Waals surface area contributed by atoms with Crippen molar-refractivity contribution >= 4 is 0 Å². The third-order valence-electron chi connectivity index (χ3n) is 3.81. The first-order valence-electron chi connectivity index (χ1n) is 6.26. The van der Waals surface area contributed by atoms with Gasteiger partial charge in [-0.1, -0.05) is 18.2 Å². The molecule has 1 atom stereocenters. The smallest absolute Gasteiger partial charge is 0.0108 e. The van der Waals surface area contributed by atoms with Gasteiger partial charge in [0.15, 0.2) is 0 Å². The van der Waals surface area contributed by atoms with Gasteiger partial charge in [-0.05, 0) is 61.8 Å². The maximum Gasteiger partial charge on any atom is 0.0108 e. The van der Waals surface area contributed by atoms with E-state index in [1.54, 1.807) is 11.1 Å². The van der Waals surface area contributed by atoms with Crippen LogP contribution in [0.2, 0.25) is 0 Å². The number of hydrogen-bond acceptors (Lipinski definition) is 1. The first-order chi connectivity index (χ1) is 7.42. The van der Waals surface area contributed by atoms with Crippen molar-refractivity contribution in [3.63, 3.8) is 0 Å². The summed E-state index contributed by atoms with van der Waals surface area (Å²) in [6, 6.07) is 7.88. The Morgan fingerprint density at radius 2 is 2.07 bits per heavy atom. The van der Waals surface area contributed by atoms with E-state index in [-0.39, 0.29) is 0 Å². The lowest BCUT2D eigenvalue weighted by Gasteiger charge is -2.11. The Bertz CT molecular complexity index is 350. The van der Waals surface area contributed by atoms with E-state index in [9.17, 15) is 0 Å². The van der Waals surface area contributed by atoms with E-state index < -0.39 is 0 Å². The number of benzene rings is 1. The highest BCUT2D eigenvalue weighted by Gasteiger charge is 2.16. The minimum absolute atomic E-state index is 0.740. The zero-order valence-electron chi connectivity index (χ0n) is 9.26. The van der Waals surface area contributed by atoms with Crippen LogP contribution < -0.4 is 5.32 Å². The van der Waals surface area contributed by atoms with Crippen molar-refractivity contribution in [1.29, 1.82) is 0 Å². The largest absolute Gasteiger partial charge is 0.314 e. The normalized spacial score (nSPS) is 24.4. The summed E-state index contributed by atoms with van der Waals surface area (Å²) in [5.41, 5.74) is 4.75. The molecule has 0 radical (unpaired) electrons. The summed E-state index contributed by atoms with van der Waals surface area (Å²) < 4.78 is 0. The molecule has 1 fully saturated rings. The summed E-state index contributed by atoms with van der Waals surface area (Å²) in [6.07, 6.45) is 7.92. The third-order valence-corrected chi connectivity index (χ3v) is 3.81. The average molecular weight is 201 g/mol. The van der Waals surface area contributed by atoms with E-state index in [1.807, 2.05) is 0 Å². The molecule has 1 heterocycles. The minimum Gasteiger partial charge on any atom is -0.314 e. The van der Waals surface area contributed by atoms with E-state index in [1.165, 1.54) is 50.6 Å². The summed E-state index contributed by atoms with van der Waals surface area (Å²) in [7, 11) is 0. The summed E-state index contributed by atoms with van der Waals surface area (Å²) in [5, 5.41) is 3.57. The molecule has 0 spiro atoms. The van der Waals surface area contributed by atoms with Crippen molar-refractivity contribution in [2.75, 3.05) is 6.54 Å². The first kappa shape index (κ1) is 9.41. The molecule has 1 unspecified atom stereocenters. The zero-order valence-corrected chi connectivity index (χ0v) is 9.26. The maximum absolute atomic E-state index is 3.57. The van der Waals surface area contributed by atoms with Crippen molar-refractivity contribution in [3.05, 3.63) is 34.9 Å². The second-order valence-electron chi connectivity index (χ2n) is 4.95. The van der Waals surface area contributed by atoms with E-state index in [0.29, 0.717) is 0 Å². The van der Waals surface area contributed by atoms with Gasteiger partial charge in [0.1, 0.15) is 0 Å². The predicted octanol–water partition coefficient (Wildman–Crippen LogP) is 2.47. The van der Waals surface area contributed by atoms with Crippen LogP contribution in [-0.2, 0) is 19.3 Å². The molecular weight excluding hydrogens is 182 g/mol. The molecule has 1 N–H and O–H groups in total. The van der Waals surface area contributed by atoms with Gasteiger partial charge in [-0.2, -0.15) is 0 Å². The molecule has 15 heavy (non-hydrogen) atoms. The molecule has 2 aliphatic rings. The molecule has 0 bridgehead atoms. The SMILES string of the molecule is c1cc2c(cc1CC1CCCN1)CCC2. The van der Waals surface area contributed by atoms with Crippen LogP contribution in [-0.4, -0.2) is 12.6 Å². The van der Waals surface area contributed by atoms with Gasteiger partial charge in [0, 0.05) is 6.04 Å². The van der Waals surface area contributed by atoms with Crippen molar-refractivity contribution in [3.8, 4) is 0 Å². The summed E-state index contributed by atoms with van der Waals surface area (Å²) in [5.74, 6) is 0. The number of fused-ring (bicyclic) bond motifs is 1. The van der Waals surface area contributed by atoms with E-state index in [0.717, 1.165) is 6.04 Å². The van der Waals surface area contributed by atoms with Crippen molar-refractivity contribution in [1.82, 2.24) is 5.32 Å². The Kier molecular flexibility index (Phi) is 2.49. The Labute approximate surface area is 91.9 Å². The molecule has 1 aliphatic heterocycles. The van der Waals surface area contributed by atoms with Crippen LogP contribution in [0.1, 0.15) is 36.0 Å². The fourth-order valence-corrected chi connectivity index (χ4v) is 2.97. The molecule has 1 saturated heterocycles. The Balaban J connectivity index is 1.75. The number of rotatable bonds is 2. The second-order valence-corrected chi connectivity index (χ2v) is 4.95. The molecule has 3 rings (SSSR count). The Morgan fingerprint density at radius 1 is 1.13 bits per heavy atom. The monoisotopic (exact) mass is 201 g/mol. The molecule has 1 heteroatoms. The molecule has 80 valence electrons. The van der Waals surface area contributed by atoms with E-state index in [2.05, 4.69) is 23.5 Å². The quantitative estimate of drug-likeness (QED) is 0.775. The topological polar surface area (TPSA) is 12.0 Å². The van der Waals surface area contributed by atoms with Gasteiger partial charge in [0.25, 0.3) is 0 Å². The van der Waals surface area contributed by atoms with Gasteiger partial charge in [-0.25, -0.2) is 0 Å². The first-order valence-corrected chi connectivity index (χ1v) is 6.26. The van der Waals surface area contributed by atoms with Crippen molar-refractivity contribution < 1.29 is 0 Å². The van der Waals surface area contributed by atoms with Gasteiger partial charge in [-0.15, -0.1) is 0 Å². The van der Waals surface area contributed by atoms with Crippen LogP contribution in [0, 0.1) is 0 Å². The number of aryl methyl sites for hydroxylation is 2. The van der Waals surface area contributed by atoms with Crippen LogP contribution in [0.4, 0.5) is 0 Å². The van der Waals surface area contributed by atoms with Gasteiger partial charge in [-0.3, -0.25) is 0 Å². The van der Waals surface area contributed by atoms with Crippen LogP contribution in [0.15, 0.2) is 18.2 Å². The Morgan fingerprint density at radius 3 is 2.93 bits per heavy atom.